The molecule has 2 aromatic carbocycles. The van der Waals surface area contributed by atoms with Crippen LogP contribution in [0.3, 0.4) is 0 Å². The molecule has 3 N–H and O–H groups in total. The highest BCUT2D eigenvalue weighted by Crippen LogP contribution is 2.21. The molecule has 5 nitrogen and oxygen atoms in total. The van der Waals surface area contributed by atoms with Gasteiger partial charge in [-0.15, -0.1) is 0 Å². The molecule has 3 aromatic rings. The molecule has 0 aliphatic heterocycles. The maximum absolute atomic E-state index is 12.0. The van der Waals surface area contributed by atoms with Crippen molar-refractivity contribution < 1.29 is 4.79 Å². The summed E-state index contributed by atoms with van der Waals surface area (Å²) in [6.07, 6.45) is 2.18. The van der Waals surface area contributed by atoms with E-state index in [0.29, 0.717) is 22.9 Å². The average Bonchev–Trinajstić information content (AvgIpc) is 3.44. The number of nitrogens with one attached hydrogen (secondary N) is 3. The standard InChI is InChI=1S/C19H18N4OS/c24-18(21-14-9-10-14)13-7-5-12(6-8-13)11-20-17-15-3-1-2-4-16(15)22-19(25)23-17/h1-8,14H,9-11H2,(H,21,24)(H2,20,22,23,25). The highest BCUT2D eigenvalue weighted by molar-refractivity contribution is 7.71. The molecule has 1 fully saturated rings. The fourth-order valence-corrected chi connectivity index (χ4v) is 2.90. The molecular formula is C19H18N4OS. The third kappa shape index (κ3) is 3.69. The molecule has 6 heteroatoms. The SMILES string of the molecule is O=C(NC1CC1)c1ccc(CNc2nc(=S)[nH]c3ccccc23)cc1. The van der Waals surface area contributed by atoms with E-state index in [-0.39, 0.29) is 5.91 Å². The van der Waals surface area contributed by atoms with E-state index in [2.05, 4.69) is 20.6 Å². The monoisotopic (exact) mass is 350 g/mol. The number of carbonyl (C=O) groups excluding carboxylic acids is 1. The topological polar surface area (TPSA) is 69.8 Å². The van der Waals surface area contributed by atoms with Crippen molar-refractivity contribution in [3.05, 3.63) is 64.4 Å². The van der Waals surface area contributed by atoms with Crippen LogP contribution in [0.15, 0.2) is 48.5 Å². The Labute approximate surface area is 150 Å². The molecule has 0 spiro atoms. The van der Waals surface area contributed by atoms with Crippen LogP contribution in [0, 0.1) is 4.77 Å². The lowest BCUT2D eigenvalue weighted by Gasteiger charge is -2.09. The number of aromatic nitrogens is 2. The first kappa shape index (κ1) is 15.8. The lowest BCUT2D eigenvalue weighted by molar-refractivity contribution is 0.0951. The second-order valence-corrected chi connectivity index (χ2v) is 6.62. The molecule has 1 aromatic heterocycles. The summed E-state index contributed by atoms with van der Waals surface area (Å²) in [6.45, 7) is 0.611. The van der Waals surface area contributed by atoms with Crippen molar-refractivity contribution >= 4 is 34.8 Å². The molecular weight excluding hydrogens is 332 g/mol. The third-order valence-corrected chi connectivity index (χ3v) is 4.42. The summed E-state index contributed by atoms with van der Waals surface area (Å²) < 4.78 is 0.452. The van der Waals surface area contributed by atoms with Crippen molar-refractivity contribution in [3.8, 4) is 0 Å². The number of H-pyrrole nitrogens is 1. The van der Waals surface area contributed by atoms with E-state index < -0.39 is 0 Å². The van der Waals surface area contributed by atoms with Gasteiger partial charge < -0.3 is 15.6 Å². The van der Waals surface area contributed by atoms with Gasteiger partial charge in [0.25, 0.3) is 5.91 Å². The van der Waals surface area contributed by atoms with Gasteiger partial charge in [0.1, 0.15) is 5.82 Å². The van der Waals surface area contributed by atoms with E-state index in [0.717, 1.165) is 35.1 Å². The first-order chi connectivity index (χ1) is 12.2. The molecule has 1 saturated carbocycles. The Balaban J connectivity index is 1.48. The number of hydrogen-bond donors (Lipinski definition) is 3. The molecule has 4 rings (SSSR count). The number of aromatic amines is 1. The maximum atomic E-state index is 12.0. The van der Waals surface area contributed by atoms with E-state index in [9.17, 15) is 4.79 Å². The second kappa shape index (κ2) is 6.64. The summed E-state index contributed by atoms with van der Waals surface area (Å²) in [5.41, 5.74) is 2.73. The molecule has 0 atom stereocenters. The number of hydrogen-bond acceptors (Lipinski definition) is 4. The quantitative estimate of drug-likeness (QED) is 0.612. The van der Waals surface area contributed by atoms with Gasteiger partial charge in [-0.25, -0.2) is 4.98 Å². The van der Waals surface area contributed by atoms with Gasteiger partial charge in [-0.1, -0.05) is 24.3 Å². The zero-order valence-electron chi connectivity index (χ0n) is 13.6. The number of rotatable bonds is 5. The minimum Gasteiger partial charge on any atom is -0.365 e. The summed E-state index contributed by atoms with van der Waals surface area (Å²) in [5.74, 6) is 0.763. The van der Waals surface area contributed by atoms with E-state index >= 15 is 0 Å². The van der Waals surface area contributed by atoms with Crippen LogP contribution in [0.1, 0.15) is 28.8 Å². The Morgan fingerprint density at radius 2 is 1.92 bits per heavy atom. The van der Waals surface area contributed by atoms with Gasteiger partial charge in [0, 0.05) is 23.5 Å². The molecule has 0 unspecified atom stereocenters. The molecule has 0 radical (unpaired) electrons. The average molecular weight is 350 g/mol. The number of fused-ring (bicyclic) bond motifs is 1. The smallest absolute Gasteiger partial charge is 0.251 e. The maximum Gasteiger partial charge on any atom is 0.251 e. The van der Waals surface area contributed by atoms with Crippen molar-refractivity contribution in [2.75, 3.05) is 5.32 Å². The summed E-state index contributed by atoms with van der Waals surface area (Å²) in [4.78, 5) is 19.5. The van der Waals surface area contributed by atoms with Crippen LogP contribution < -0.4 is 10.6 Å². The van der Waals surface area contributed by atoms with Crippen molar-refractivity contribution in [1.29, 1.82) is 0 Å². The van der Waals surface area contributed by atoms with Crippen molar-refractivity contribution in [3.63, 3.8) is 0 Å². The number of anilines is 1. The Morgan fingerprint density at radius 3 is 2.68 bits per heavy atom. The normalized spacial score (nSPS) is 13.6. The third-order valence-electron chi connectivity index (χ3n) is 4.23. The van der Waals surface area contributed by atoms with Crippen LogP contribution in [0.4, 0.5) is 5.82 Å². The Morgan fingerprint density at radius 1 is 1.16 bits per heavy atom. The highest BCUT2D eigenvalue weighted by atomic mass is 32.1. The fraction of sp³-hybridized carbons (Fsp3) is 0.211. The van der Waals surface area contributed by atoms with Crippen molar-refractivity contribution in [2.45, 2.75) is 25.4 Å². The van der Waals surface area contributed by atoms with Gasteiger partial charge in [-0.3, -0.25) is 4.79 Å². The Hall–Kier alpha value is -2.73. The lowest BCUT2D eigenvalue weighted by atomic mass is 10.1. The van der Waals surface area contributed by atoms with E-state index in [4.69, 9.17) is 12.2 Å². The molecule has 1 heterocycles. The first-order valence-corrected chi connectivity index (χ1v) is 8.72. The van der Waals surface area contributed by atoms with E-state index in [1.807, 2.05) is 48.5 Å². The Kier molecular flexibility index (Phi) is 4.19. The van der Waals surface area contributed by atoms with Gasteiger partial charge in [0.15, 0.2) is 4.77 Å². The summed E-state index contributed by atoms with van der Waals surface area (Å²) in [5, 5.41) is 7.33. The predicted octanol–water partition coefficient (Wildman–Crippen LogP) is 3.80. The number of para-hydroxylation sites is 1. The van der Waals surface area contributed by atoms with Crippen LogP contribution in [0.2, 0.25) is 0 Å². The summed E-state index contributed by atoms with van der Waals surface area (Å²) >= 11 is 5.19. The second-order valence-electron chi connectivity index (χ2n) is 6.23. The van der Waals surface area contributed by atoms with Gasteiger partial charge in [-0.2, -0.15) is 0 Å². The number of benzene rings is 2. The van der Waals surface area contributed by atoms with Crippen LogP contribution >= 0.6 is 12.2 Å². The van der Waals surface area contributed by atoms with Gasteiger partial charge in [-0.05, 0) is 54.9 Å². The van der Waals surface area contributed by atoms with Crippen LogP contribution in [0.25, 0.3) is 10.9 Å². The largest absolute Gasteiger partial charge is 0.365 e. The van der Waals surface area contributed by atoms with Crippen molar-refractivity contribution in [1.82, 2.24) is 15.3 Å². The molecule has 126 valence electrons. The molecule has 1 aliphatic rings. The minimum absolute atomic E-state index is 0.00372. The van der Waals surface area contributed by atoms with Gasteiger partial charge in [0.2, 0.25) is 0 Å². The van der Waals surface area contributed by atoms with Crippen molar-refractivity contribution in [2.24, 2.45) is 0 Å². The molecule has 25 heavy (non-hydrogen) atoms. The molecule has 0 saturated heterocycles. The van der Waals surface area contributed by atoms with E-state index in [1.165, 1.54) is 0 Å². The minimum atomic E-state index is 0.00372. The summed E-state index contributed by atoms with van der Waals surface area (Å²) in [6, 6.07) is 15.9. The van der Waals surface area contributed by atoms with E-state index in [1.54, 1.807) is 0 Å². The number of amides is 1. The highest BCUT2D eigenvalue weighted by Gasteiger charge is 2.23. The lowest BCUT2D eigenvalue weighted by Crippen LogP contribution is -2.25. The Bertz CT molecular complexity index is 977. The zero-order valence-corrected chi connectivity index (χ0v) is 14.4. The first-order valence-electron chi connectivity index (χ1n) is 8.32. The van der Waals surface area contributed by atoms with Crippen LogP contribution in [-0.4, -0.2) is 21.9 Å². The zero-order chi connectivity index (χ0) is 17.2. The van der Waals surface area contributed by atoms with Crippen LogP contribution in [0.5, 0.6) is 0 Å². The summed E-state index contributed by atoms with van der Waals surface area (Å²) in [7, 11) is 0. The van der Waals surface area contributed by atoms with Gasteiger partial charge >= 0.3 is 0 Å². The molecule has 0 bridgehead atoms. The van der Waals surface area contributed by atoms with Gasteiger partial charge in [0.05, 0.1) is 5.52 Å². The van der Waals surface area contributed by atoms with Crippen LogP contribution in [-0.2, 0) is 6.54 Å². The molecule has 1 amide bonds. The fourth-order valence-electron chi connectivity index (χ4n) is 2.69. The number of carbonyl (C=O) groups is 1. The molecule has 1 aliphatic carbocycles. The predicted molar refractivity (Wildman–Crippen MR) is 101 cm³/mol. The number of nitrogens with zero attached hydrogens (tertiary/aromatic N) is 1.